The van der Waals surface area contributed by atoms with E-state index < -0.39 is 115 Å². The Hall–Kier alpha value is -5.30. The van der Waals surface area contributed by atoms with Gasteiger partial charge in [-0.25, -0.2) is 0 Å². The molecule has 0 heterocycles. The number of hydrogen-bond acceptors (Lipinski definition) is 10. The number of rotatable bonds is 20. The molecule has 0 aromatic carbocycles. The molecule has 11 N–H and O–H groups in total. The Labute approximate surface area is 249 Å². The second-order valence-corrected chi connectivity index (χ2v) is 9.92. The normalized spacial score (nSPS) is 14.0. The first-order valence-electron chi connectivity index (χ1n) is 12.9. The standard InChI is InChI=1S/C24H36N6O14/c1-9(2)4-12(21(41)29-14(7-18(36)37)23(43)27-11(20(25)40)5-16(32)33)28-24(44)15(8-19(38)39)30-22(42)13(6-17(34)35)26-10(3)31/h9,11-15H,4-8H2,1-3H3,(H2,25,40)(H,26,31)(H,27,43)(H,28,44)(H,29,41)(H,30,42)(H,32,33)(H,34,35)(H,36,37)(H,38,39)/t11-,12-,13-,14-,15-/m0/s1. The molecule has 5 atom stereocenters. The monoisotopic (exact) mass is 632 g/mol. The molecule has 0 saturated carbocycles. The van der Waals surface area contributed by atoms with E-state index in [4.69, 9.17) is 15.9 Å². The minimum absolute atomic E-state index is 0.164. The summed E-state index contributed by atoms with van der Waals surface area (Å²) in [6.07, 6.45) is -4.13. The van der Waals surface area contributed by atoms with Crippen LogP contribution in [-0.2, 0) is 47.9 Å². The molecule has 44 heavy (non-hydrogen) atoms. The highest BCUT2D eigenvalue weighted by atomic mass is 16.4. The van der Waals surface area contributed by atoms with Gasteiger partial charge in [-0.2, -0.15) is 0 Å². The third-order valence-corrected chi connectivity index (χ3v) is 5.47. The molecule has 0 radical (unpaired) electrons. The number of nitrogens with one attached hydrogen (secondary N) is 5. The van der Waals surface area contributed by atoms with Gasteiger partial charge in [0.2, 0.25) is 35.4 Å². The number of nitrogens with two attached hydrogens (primary N) is 1. The summed E-state index contributed by atoms with van der Waals surface area (Å²) >= 11 is 0. The lowest BCUT2D eigenvalue weighted by atomic mass is 10.0. The molecule has 6 amide bonds. The molecule has 0 aromatic heterocycles. The summed E-state index contributed by atoms with van der Waals surface area (Å²) in [5.74, 6) is -13.5. The molecule has 20 heteroatoms. The van der Waals surface area contributed by atoms with Crippen LogP contribution in [-0.4, -0.2) is 110 Å². The van der Waals surface area contributed by atoms with Crippen molar-refractivity contribution in [3.63, 3.8) is 0 Å². The Balaban J connectivity index is 6.07. The van der Waals surface area contributed by atoms with E-state index in [1.807, 2.05) is 16.0 Å². The number of carbonyl (C=O) groups excluding carboxylic acids is 6. The summed E-state index contributed by atoms with van der Waals surface area (Å²) in [4.78, 5) is 119. The Morgan fingerprint density at radius 2 is 0.773 bits per heavy atom. The zero-order valence-electron chi connectivity index (χ0n) is 23.9. The average Bonchev–Trinajstić information content (AvgIpc) is 2.84. The lowest BCUT2D eigenvalue weighted by Gasteiger charge is -2.26. The summed E-state index contributed by atoms with van der Waals surface area (Å²) in [6.45, 7) is 4.20. The molecular weight excluding hydrogens is 596 g/mol. The maximum atomic E-state index is 13.1. The molecular formula is C24H36N6O14. The molecule has 20 nitrogen and oxygen atoms in total. The molecule has 0 aliphatic rings. The summed E-state index contributed by atoms with van der Waals surface area (Å²) in [6, 6.07) is -8.80. The van der Waals surface area contributed by atoms with E-state index in [1.54, 1.807) is 13.8 Å². The van der Waals surface area contributed by atoms with Gasteiger partial charge in [0.15, 0.2) is 0 Å². The number of carbonyl (C=O) groups is 10. The van der Waals surface area contributed by atoms with E-state index in [-0.39, 0.29) is 12.3 Å². The van der Waals surface area contributed by atoms with Crippen LogP contribution in [0.2, 0.25) is 0 Å². The van der Waals surface area contributed by atoms with Crippen LogP contribution in [0.25, 0.3) is 0 Å². The number of carboxylic acid groups (broad SMARTS) is 4. The molecule has 0 aromatic rings. The zero-order chi connectivity index (χ0) is 34.3. The van der Waals surface area contributed by atoms with Gasteiger partial charge in [-0.1, -0.05) is 13.8 Å². The summed E-state index contributed by atoms with van der Waals surface area (Å²) < 4.78 is 0. The molecule has 0 aliphatic carbocycles. The molecule has 0 saturated heterocycles. The minimum Gasteiger partial charge on any atom is -0.481 e. The number of amides is 6. The zero-order valence-corrected chi connectivity index (χ0v) is 23.9. The van der Waals surface area contributed by atoms with E-state index in [0.717, 1.165) is 6.92 Å². The quantitative estimate of drug-likeness (QED) is 0.0609. The number of primary amides is 1. The van der Waals surface area contributed by atoms with Crippen LogP contribution in [0, 0.1) is 5.92 Å². The van der Waals surface area contributed by atoms with E-state index in [2.05, 4.69) is 10.6 Å². The summed E-state index contributed by atoms with van der Waals surface area (Å²) in [7, 11) is 0. The van der Waals surface area contributed by atoms with Gasteiger partial charge >= 0.3 is 23.9 Å². The van der Waals surface area contributed by atoms with Gasteiger partial charge in [0.25, 0.3) is 0 Å². The van der Waals surface area contributed by atoms with Gasteiger partial charge in [0.1, 0.15) is 30.2 Å². The lowest BCUT2D eigenvalue weighted by Crippen LogP contribution is -2.59. The van der Waals surface area contributed by atoms with E-state index >= 15 is 0 Å². The highest BCUT2D eigenvalue weighted by Gasteiger charge is 2.34. The topological polar surface area (TPSA) is 338 Å². The Morgan fingerprint density at radius 3 is 1.07 bits per heavy atom. The third-order valence-electron chi connectivity index (χ3n) is 5.47. The summed E-state index contributed by atoms with van der Waals surface area (Å²) in [5.41, 5.74) is 5.07. The fraction of sp³-hybridized carbons (Fsp3) is 0.583. The van der Waals surface area contributed by atoms with Crippen LogP contribution in [0.3, 0.4) is 0 Å². The second-order valence-electron chi connectivity index (χ2n) is 9.92. The van der Waals surface area contributed by atoms with Crippen LogP contribution >= 0.6 is 0 Å². The van der Waals surface area contributed by atoms with Gasteiger partial charge in [-0.3, -0.25) is 47.9 Å². The predicted octanol–water partition coefficient (Wildman–Crippen LogP) is -4.14. The maximum Gasteiger partial charge on any atom is 0.305 e. The van der Waals surface area contributed by atoms with Gasteiger partial charge < -0.3 is 52.7 Å². The first-order chi connectivity index (χ1) is 20.2. The van der Waals surface area contributed by atoms with Crippen molar-refractivity contribution in [2.45, 2.75) is 83.1 Å². The highest BCUT2D eigenvalue weighted by molar-refractivity contribution is 5.98. The second kappa shape index (κ2) is 18.3. The summed E-state index contributed by atoms with van der Waals surface area (Å²) in [5, 5.41) is 46.7. The van der Waals surface area contributed by atoms with Crippen LogP contribution in [0.15, 0.2) is 0 Å². The van der Waals surface area contributed by atoms with Crippen LogP contribution in [0.1, 0.15) is 52.9 Å². The molecule has 0 aliphatic heterocycles. The average molecular weight is 633 g/mol. The first kappa shape index (κ1) is 38.7. The number of hydrogen-bond donors (Lipinski definition) is 10. The van der Waals surface area contributed by atoms with Crippen molar-refractivity contribution in [2.24, 2.45) is 11.7 Å². The molecule has 246 valence electrons. The predicted molar refractivity (Wildman–Crippen MR) is 143 cm³/mol. The van der Waals surface area contributed by atoms with Crippen molar-refractivity contribution in [1.82, 2.24) is 26.6 Å². The van der Waals surface area contributed by atoms with Crippen molar-refractivity contribution in [3.8, 4) is 0 Å². The van der Waals surface area contributed by atoms with Crippen LogP contribution < -0.4 is 32.3 Å². The van der Waals surface area contributed by atoms with E-state index in [1.165, 1.54) is 0 Å². The Morgan fingerprint density at radius 1 is 0.500 bits per heavy atom. The fourth-order valence-corrected chi connectivity index (χ4v) is 3.59. The van der Waals surface area contributed by atoms with Gasteiger partial charge in [-0.15, -0.1) is 0 Å². The smallest absolute Gasteiger partial charge is 0.305 e. The fourth-order valence-electron chi connectivity index (χ4n) is 3.59. The first-order valence-corrected chi connectivity index (χ1v) is 12.9. The van der Waals surface area contributed by atoms with Crippen molar-refractivity contribution in [3.05, 3.63) is 0 Å². The SMILES string of the molecule is CC(=O)N[C@@H](CC(=O)O)C(=O)N[C@@H](CC(=O)O)C(=O)N[C@@H](CC(C)C)C(=O)N[C@@H](CC(=O)O)C(=O)N[C@@H](CC(=O)O)C(N)=O. The van der Waals surface area contributed by atoms with Crippen LogP contribution in [0.5, 0.6) is 0 Å². The maximum absolute atomic E-state index is 13.1. The number of carboxylic acids is 4. The largest absolute Gasteiger partial charge is 0.481 e. The molecule has 0 fully saturated rings. The molecule has 0 unspecified atom stereocenters. The van der Waals surface area contributed by atoms with Crippen molar-refractivity contribution in [2.75, 3.05) is 0 Å². The van der Waals surface area contributed by atoms with Gasteiger partial charge in [-0.05, 0) is 12.3 Å². The number of aliphatic carboxylic acids is 4. The van der Waals surface area contributed by atoms with Crippen LogP contribution in [0.4, 0.5) is 0 Å². The van der Waals surface area contributed by atoms with Gasteiger partial charge in [0, 0.05) is 6.92 Å². The van der Waals surface area contributed by atoms with E-state index in [0.29, 0.717) is 0 Å². The lowest BCUT2D eigenvalue weighted by molar-refractivity contribution is -0.144. The van der Waals surface area contributed by atoms with Crippen molar-refractivity contribution in [1.29, 1.82) is 0 Å². The molecule has 0 spiro atoms. The molecule has 0 bridgehead atoms. The minimum atomic E-state index is -1.90. The molecule has 0 rings (SSSR count). The third kappa shape index (κ3) is 15.6. The Bertz CT molecular complexity index is 1140. The van der Waals surface area contributed by atoms with E-state index in [9.17, 15) is 58.2 Å². The van der Waals surface area contributed by atoms with Gasteiger partial charge in [0.05, 0.1) is 25.7 Å². The Kier molecular flexibility index (Phi) is 16.1. The van der Waals surface area contributed by atoms with Crippen molar-refractivity contribution < 1.29 is 68.4 Å². The van der Waals surface area contributed by atoms with Crippen molar-refractivity contribution >= 4 is 59.3 Å². The highest BCUT2D eigenvalue weighted by Crippen LogP contribution is 2.08.